The van der Waals surface area contributed by atoms with Crippen LogP contribution in [0.2, 0.25) is 5.02 Å². The van der Waals surface area contributed by atoms with Gasteiger partial charge in [-0.15, -0.1) is 0 Å². The van der Waals surface area contributed by atoms with E-state index in [0.717, 1.165) is 28.3 Å². The van der Waals surface area contributed by atoms with Crippen LogP contribution in [0.1, 0.15) is 30.4 Å². The molecular weight excluding hydrogens is 346 g/mol. The molecule has 0 spiro atoms. The first kappa shape index (κ1) is 17.0. The van der Waals surface area contributed by atoms with Crippen molar-refractivity contribution in [3.05, 3.63) is 58.7 Å². The van der Waals surface area contributed by atoms with Crippen molar-refractivity contribution in [2.75, 3.05) is 18.2 Å². The third-order valence-corrected chi connectivity index (χ3v) is 5.41. The van der Waals surface area contributed by atoms with Crippen molar-refractivity contribution in [3.8, 4) is 5.75 Å². The number of hydrogen-bond donors (Lipinski definition) is 2. The molecular formula is C21H22ClN3O. The monoisotopic (exact) mass is 367 g/mol. The van der Waals surface area contributed by atoms with Crippen molar-refractivity contribution in [1.29, 1.82) is 0 Å². The Hall–Kier alpha value is -2.46. The predicted molar refractivity (Wildman–Crippen MR) is 108 cm³/mol. The van der Waals surface area contributed by atoms with E-state index in [4.69, 9.17) is 22.1 Å². The SMILES string of the molecule is COc1ccc(CNc2c(N)cnc3ccc(Cl)cc23)c(C2CC2C)c1. The van der Waals surface area contributed by atoms with E-state index in [9.17, 15) is 0 Å². The van der Waals surface area contributed by atoms with Gasteiger partial charge in [0, 0.05) is 17.0 Å². The fraction of sp³-hybridized carbons (Fsp3) is 0.286. The summed E-state index contributed by atoms with van der Waals surface area (Å²) in [6, 6.07) is 12.0. The van der Waals surface area contributed by atoms with E-state index in [1.165, 1.54) is 17.5 Å². The molecule has 3 N–H and O–H groups in total. The van der Waals surface area contributed by atoms with E-state index in [2.05, 4.69) is 29.4 Å². The fourth-order valence-corrected chi connectivity index (χ4v) is 3.69. The first-order valence-corrected chi connectivity index (χ1v) is 9.19. The number of methoxy groups -OCH3 is 1. The molecule has 134 valence electrons. The van der Waals surface area contributed by atoms with Gasteiger partial charge in [-0.1, -0.05) is 24.6 Å². The maximum atomic E-state index is 6.19. The lowest BCUT2D eigenvalue weighted by Gasteiger charge is -2.16. The molecule has 2 unspecified atom stereocenters. The summed E-state index contributed by atoms with van der Waals surface area (Å²) in [4.78, 5) is 4.39. The molecule has 4 rings (SSSR count). The summed E-state index contributed by atoms with van der Waals surface area (Å²) in [5.74, 6) is 2.25. The lowest BCUT2D eigenvalue weighted by Crippen LogP contribution is -2.06. The van der Waals surface area contributed by atoms with E-state index in [1.807, 2.05) is 24.3 Å². The van der Waals surface area contributed by atoms with E-state index in [-0.39, 0.29) is 0 Å². The number of nitrogens with zero attached hydrogens (tertiary/aromatic N) is 1. The third kappa shape index (κ3) is 3.17. The van der Waals surface area contributed by atoms with Gasteiger partial charge in [-0.3, -0.25) is 4.98 Å². The van der Waals surface area contributed by atoms with Gasteiger partial charge in [0.1, 0.15) is 5.75 Å². The minimum atomic E-state index is 0.614. The van der Waals surface area contributed by atoms with Gasteiger partial charge < -0.3 is 15.8 Å². The van der Waals surface area contributed by atoms with Crippen molar-refractivity contribution in [1.82, 2.24) is 4.98 Å². The number of nitrogen functional groups attached to an aromatic ring is 1. The minimum Gasteiger partial charge on any atom is -0.497 e. The number of pyridine rings is 1. The number of anilines is 2. The number of fused-ring (bicyclic) bond motifs is 1. The lowest BCUT2D eigenvalue weighted by atomic mass is 10.0. The zero-order chi connectivity index (χ0) is 18.3. The zero-order valence-corrected chi connectivity index (χ0v) is 15.7. The van der Waals surface area contributed by atoms with Crippen molar-refractivity contribution >= 4 is 33.9 Å². The van der Waals surface area contributed by atoms with Crippen LogP contribution in [0.4, 0.5) is 11.4 Å². The molecule has 1 aliphatic rings. The Bertz CT molecular complexity index is 968. The Balaban J connectivity index is 1.67. The predicted octanol–water partition coefficient (Wildman–Crippen LogP) is 5.21. The Kier molecular flexibility index (Phi) is 4.37. The molecule has 0 aliphatic heterocycles. The molecule has 2 aromatic carbocycles. The normalized spacial score (nSPS) is 18.7. The van der Waals surface area contributed by atoms with Crippen molar-refractivity contribution < 1.29 is 4.74 Å². The summed E-state index contributed by atoms with van der Waals surface area (Å²) in [6.45, 7) is 2.98. The molecule has 1 saturated carbocycles. The second kappa shape index (κ2) is 6.69. The van der Waals surface area contributed by atoms with Gasteiger partial charge in [-0.2, -0.15) is 0 Å². The van der Waals surface area contributed by atoms with Crippen LogP contribution in [0.25, 0.3) is 10.9 Å². The summed E-state index contributed by atoms with van der Waals surface area (Å²) in [5.41, 5.74) is 11.2. The summed E-state index contributed by atoms with van der Waals surface area (Å²) in [5, 5.41) is 5.12. The van der Waals surface area contributed by atoms with Gasteiger partial charge in [0.25, 0.3) is 0 Å². The molecule has 5 heteroatoms. The second-order valence-electron chi connectivity index (χ2n) is 6.99. The van der Waals surface area contributed by atoms with Crippen LogP contribution in [-0.4, -0.2) is 12.1 Å². The van der Waals surface area contributed by atoms with E-state index < -0.39 is 0 Å². The zero-order valence-electron chi connectivity index (χ0n) is 14.9. The molecule has 0 bridgehead atoms. The molecule has 1 aromatic heterocycles. The van der Waals surface area contributed by atoms with E-state index in [0.29, 0.717) is 23.2 Å². The Labute approximate surface area is 158 Å². The molecule has 1 fully saturated rings. The van der Waals surface area contributed by atoms with Crippen LogP contribution in [0.5, 0.6) is 5.75 Å². The molecule has 26 heavy (non-hydrogen) atoms. The van der Waals surface area contributed by atoms with Gasteiger partial charge in [0.15, 0.2) is 0 Å². The molecule has 4 nitrogen and oxygen atoms in total. The Morgan fingerprint density at radius 2 is 2.08 bits per heavy atom. The highest BCUT2D eigenvalue weighted by Crippen LogP contribution is 2.49. The number of ether oxygens (including phenoxy) is 1. The Morgan fingerprint density at radius 3 is 2.81 bits per heavy atom. The van der Waals surface area contributed by atoms with Gasteiger partial charge in [0.05, 0.1) is 30.2 Å². The average molecular weight is 368 g/mol. The number of halogens is 1. The summed E-state index contributed by atoms with van der Waals surface area (Å²) in [6.07, 6.45) is 2.92. The van der Waals surface area contributed by atoms with Crippen LogP contribution < -0.4 is 15.8 Å². The Morgan fingerprint density at radius 1 is 1.27 bits per heavy atom. The largest absolute Gasteiger partial charge is 0.497 e. The number of aromatic nitrogens is 1. The summed E-state index contributed by atoms with van der Waals surface area (Å²) >= 11 is 6.17. The van der Waals surface area contributed by atoms with Crippen LogP contribution >= 0.6 is 11.6 Å². The number of hydrogen-bond acceptors (Lipinski definition) is 4. The first-order valence-electron chi connectivity index (χ1n) is 8.81. The summed E-state index contributed by atoms with van der Waals surface area (Å²) < 4.78 is 5.41. The first-order chi connectivity index (χ1) is 12.6. The number of nitrogens with two attached hydrogens (primary N) is 1. The maximum absolute atomic E-state index is 6.19. The van der Waals surface area contributed by atoms with Gasteiger partial charge in [-0.25, -0.2) is 0 Å². The molecule has 2 atom stereocenters. The number of nitrogens with one attached hydrogen (secondary N) is 1. The fourth-order valence-electron chi connectivity index (χ4n) is 3.52. The molecule has 1 heterocycles. The van der Waals surface area contributed by atoms with Crippen LogP contribution in [0, 0.1) is 5.92 Å². The highest BCUT2D eigenvalue weighted by atomic mass is 35.5. The minimum absolute atomic E-state index is 0.614. The molecule has 0 amide bonds. The summed E-state index contributed by atoms with van der Waals surface area (Å²) in [7, 11) is 1.71. The van der Waals surface area contributed by atoms with Crippen LogP contribution in [0.15, 0.2) is 42.6 Å². The quantitative estimate of drug-likeness (QED) is 0.649. The second-order valence-corrected chi connectivity index (χ2v) is 7.42. The van der Waals surface area contributed by atoms with E-state index in [1.54, 1.807) is 13.3 Å². The third-order valence-electron chi connectivity index (χ3n) is 5.18. The van der Waals surface area contributed by atoms with Gasteiger partial charge in [0.2, 0.25) is 0 Å². The van der Waals surface area contributed by atoms with Gasteiger partial charge >= 0.3 is 0 Å². The van der Waals surface area contributed by atoms with Gasteiger partial charge in [-0.05, 0) is 59.7 Å². The topological polar surface area (TPSA) is 60.2 Å². The number of benzene rings is 2. The molecule has 0 radical (unpaired) electrons. The van der Waals surface area contributed by atoms with Crippen LogP contribution in [0.3, 0.4) is 0 Å². The average Bonchev–Trinajstić information content (AvgIpc) is 3.37. The lowest BCUT2D eigenvalue weighted by molar-refractivity contribution is 0.414. The smallest absolute Gasteiger partial charge is 0.119 e. The number of rotatable bonds is 5. The standard InChI is InChI=1S/C21H22ClN3O/c1-12-7-16(12)17-9-15(26-2)5-3-13(17)10-25-21-18-8-14(22)4-6-20(18)24-11-19(21)23/h3-6,8-9,11-12,16H,7,10,23H2,1-2H3,(H,24,25). The highest BCUT2D eigenvalue weighted by molar-refractivity contribution is 6.31. The van der Waals surface area contributed by atoms with Crippen molar-refractivity contribution in [3.63, 3.8) is 0 Å². The molecule has 3 aromatic rings. The maximum Gasteiger partial charge on any atom is 0.119 e. The van der Waals surface area contributed by atoms with Crippen molar-refractivity contribution in [2.45, 2.75) is 25.8 Å². The molecule has 0 saturated heterocycles. The highest BCUT2D eigenvalue weighted by Gasteiger charge is 2.35. The van der Waals surface area contributed by atoms with E-state index >= 15 is 0 Å². The molecule has 1 aliphatic carbocycles. The van der Waals surface area contributed by atoms with Crippen LogP contribution in [-0.2, 0) is 6.54 Å². The van der Waals surface area contributed by atoms with Crippen molar-refractivity contribution in [2.24, 2.45) is 5.92 Å².